The first-order valence-electron chi connectivity index (χ1n) is 12.7. The van der Waals surface area contributed by atoms with Gasteiger partial charge in [0.15, 0.2) is 0 Å². The Morgan fingerprint density at radius 1 is 1.05 bits per heavy atom. The van der Waals surface area contributed by atoms with Crippen molar-refractivity contribution in [2.24, 2.45) is 0 Å². The van der Waals surface area contributed by atoms with E-state index in [9.17, 15) is 14.4 Å². The number of amides is 3. The highest BCUT2D eigenvalue weighted by Crippen LogP contribution is 2.29. The molecule has 2 aromatic rings. The van der Waals surface area contributed by atoms with Gasteiger partial charge in [0.1, 0.15) is 17.7 Å². The van der Waals surface area contributed by atoms with Crippen LogP contribution in [-0.2, 0) is 20.9 Å². The molecule has 3 unspecified atom stereocenters. The van der Waals surface area contributed by atoms with Crippen LogP contribution in [-0.4, -0.2) is 46.2 Å². The Labute approximate surface area is 226 Å². The molecule has 0 saturated carbocycles. The molecule has 0 saturated heterocycles. The third kappa shape index (κ3) is 8.81. The monoisotopic (exact) mass is 527 g/mol. The van der Waals surface area contributed by atoms with Crippen molar-refractivity contribution in [1.29, 1.82) is 0 Å². The molecule has 0 spiro atoms. The minimum atomic E-state index is -0.971. The summed E-state index contributed by atoms with van der Waals surface area (Å²) in [6, 6.07) is 13.3. The van der Waals surface area contributed by atoms with E-state index in [1.54, 1.807) is 25.7 Å². The molecule has 0 radical (unpaired) electrons. The number of benzene rings is 2. The number of carbonyl (C=O) groups is 3. The van der Waals surface area contributed by atoms with Crippen LogP contribution in [0.3, 0.4) is 0 Å². The van der Waals surface area contributed by atoms with Crippen LogP contribution in [0.2, 0.25) is 0 Å². The summed E-state index contributed by atoms with van der Waals surface area (Å²) in [5.74, 6) is -0.631. The molecule has 2 aromatic carbocycles. The molecule has 0 aromatic heterocycles. The molecule has 0 heterocycles. The van der Waals surface area contributed by atoms with Crippen molar-refractivity contribution in [3.05, 3.63) is 70.8 Å². The number of nitrogens with zero attached hydrogens (tertiary/aromatic N) is 1. The summed E-state index contributed by atoms with van der Waals surface area (Å²) in [4.78, 5) is 41.9. The zero-order chi connectivity index (χ0) is 27.8. The summed E-state index contributed by atoms with van der Waals surface area (Å²) < 4.78 is 5.37. The van der Waals surface area contributed by atoms with Crippen LogP contribution in [0, 0.1) is 13.8 Å². The number of rotatable bonds is 10. The van der Waals surface area contributed by atoms with Crippen molar-refractivity contribution in [3.63, 3.8) is 0 Å². The van der Waals surface area contributed by atoms with E-state index in [0.29, 0.717) is 13.0 Å². The van der Waals surface area contributed by atoms with Crippen LogP contribution in [0.1, 0.15) is 69.3 Å². The molecule has 2 N–H and O–H groups in total. The van der Waals surface area contributed by atoms with E-state index in [4.69, 9.17) is 4.74 Å². The van der Waals surface area contributed by atoms with Crippen LogP contribution in [0.5, 0.6) is 0 Å². The second-order valence-corrected chi connectivity index (χ2v) is 10.7. The lowest BCUT2D eigenvalue weighted by Gasteiger charge is -2.38. The van der Waals surface area contributed by atoms with E-state index < -0.39 is 29.7 Å². The quantitative estimate of drug-likeness (QED) is 0.375. The van der Waals surface area contributed by atoms with E-state index >= 15 is 0 Å². The van der Waals surface area contributed by atoms with Gasteiger partial charge in [-0.2, -0.15) is 12.6 Å². The van der Waals surface area contributed by atoms with Gasteiger partial charge in [0.05, 0.1) is 0 Å². The minimum Gasteiger partial charge on any atom is -0.444 e. The average Bonchev–Trinajstić information content (AvgIpc) is 2.84. The molecule has 3 amide bonds. The van der Waals surface area contributed by atoms with E-state index in [1.807, 2.05) is 76.2 Å². The molecule has 37 heavy (non-hydrogen) atoms. The Morgan fingerprint density at radius 3 is 2.27 bits per heavy atom. The molecule has 2 rings (SSSR count). The molecule has 0 fully saturated rings. The van der Waals surface area contributed by atoms with Crippen molar-refractivity contribution >= 4 is 30.5 Å². The third-order valence-corrected chi connectivity index (χ3v) is 6.42. The SMILES string of the molecule is CCC(C)N(C(=O)C(CS)NC(=O)OC(C)(C)C)C(C(=O)NCc1ccccc1)c1cc(C)ccc1C. The van der Waals surface area contributed by atoms with Gasteiger partial charge in [-0.15, -0.1) is 0 Å². The second kappa shape index (κ2) is 13.5. The number of hydrogen-bond donors (Lipinski definition) is 3. The molecule has 202 valence electrons. The molecular formula is C29H41N3O4S. The lowest BCUT2D eigenvalue weighted by Crippen LogP contribution is -2.56. The fraction of sp³-hybridized carbons (Fsp3) is 0.483. The first-order valence-corrected chi connectivity index (χ1v) is 13.3. The molecule has 0 aliphatic carbocycles. The number of nitrogens with one attached hydrogen (secondary N) is 2. The molecule has 8 heteroatoms. The molecule has 0 bridgehead atoms. The van der Waals surface area contributed by atoms with Crippen LogP contribution in [0.15, 0.2) is 48.5 Å². The van der Waals surface area contributed by atoms with Crippen LogP contribution < -0.4 is 10.6 Å². The zero-order valence-corrected chi connectivity index (χ0v) is 23.9. The third-order valence-electron chi connectivity index (χ3n) is 6.06. The summed E-state index contributed by atoms with van der Waals surface area (Å²) in [5.41, 5.74) is 2.86. The number of hydrogen-bond acceptors (Lipinski definition) is 5. The predicted octanol–water partition coefficient (Wildman–Crippen LogP) is 5.11. The largest absolute Gasteiger partial charge is 0.444 e. The van der Waals surface area contributed by atoms with Gasteiger partial charge in [-0.3, -0.25) is 9.59 Å². The summed E-state index contributed by atoms with van der Waals surface area (Å²) in [5, 5.41) is 5.67. The minimum absolute atomic E-state index is 0.0518. The van der Waals surface area contributed by atoms with Gasteiger partial charge in [0.2, 0.25) is 11.8 Å². The maximum absolute atomic E-state index is 14.0. The van der Waals surface area contributed by atoms with Crippen LogP contribution >= 0.6 is 12.6 Å². The topological polar surface area (TPSA) is 87.7 Å². The Balaban J connectivity index is 2.49. The first-order chi connectivity index (χ1) is 17.4. The Kier molecular flexibility index (Phi) is 11.0. The number of alkyl carbamates (subject to hydrolysis) is 1. The number of aryl methyl sites for hydroxylation is 2. The highest BCUT2D eigenvalue weighted by Gasteiger charge is 2.38. The molecule has 3 atom stereocenters. The van der Waals surface area contributed by atoms with Gasteiger partial charge < -0.3 is 20.3 Å². The summed E-state index contributed by atoms with van der Waals surface area (Å²) >= 11 is 4.35. The zero-order valence-electron chi connectivity index (χ0n) is 23.0. The molecular weight excluding hydrogens is 486 g/mol. The van der Waals surface area contributed by atoms with E-state index in [0.717, 1.165) is 22.3 Å². The lowest BCUT2D eigenvalue weighted by atomic mass is 9.94. The van der Waals surface area contributed by atoms with Gasteiger partial charge in [-0.1, -0.05) is 61.0 Å². The highest BCUT2D eigenvalue weighted by molar-refractivity contribution is 7.80. The van der Waals surface area contributed by atoms with E-state index in [-0.39, 0.29) is 17.7 Å². The smallest absolute Gasteiger partial charge is 0.408 e. The normalized spacial score (nSPS) is 13.7. The molecule has 0 aliphatic rings. The maximum Gasteiger partial charge on any atom is 0.408 e. The molecule has 0 aliphatic heterocycles. The Hall–Kier alpha value is -3.00. The predicted molar refractivity (Wildman–Crippen MR) is 151 cm³/mol. The number of carbonyl (C=O) groups excluding carboxylic acids is 3. The Morgan fingerprint density at radius 2 is 1.70 bits per heavy atom. The van der Waals surface area contributed by atoms with Gasteiger partial charge in [-0.05, 0) is 64.7 Å². The fourth-order valence-electron chi connectivity index (χ4n) is 3.96. The second-order valence-electron chi connectivity index (χ2n) is 10.4. The van der Waals surface area contributed by atoms with Crippen molar-refractivity contribution < 1.29 is 19.1 Å². The van der Waals surface area contributed by atoms with Crippen molar-refractivity contribution in [2.45, 2.75) is 85.2 Å². The van der Waals surface area contributed by atoms with Gasteiger partial charge in [0.25, 0.3) is 0 Å². The lowest BCUT2D eigenvalue weighted by molar-refractivity contribution is -0.144. The van der Waals surface area contributed by atoms with E-state index in [2.05, 4.69) is 23.3 Å². The molecule has 7 nitrogen and oxygen atoms in total. The van der Waals surface area contributed by atoms with Crippen LogP contribution in [0.4, 0.5) is 4.79 Å². The first kappa shape index (κ1) is 30.2. The van der Waals surface area contributed by atoms with Crippen molar-refractivity contribution in [1.82, 2.24) is 15.5 Å². The summed E-state index contributed by atoms with van der Waals surface area (Å²) in [7, 11) is 0. The van der Waals surface area contributed by atoms with Crippen LogP contribution in [0.25, 0.3) is 0 Å². The van der Waals surface area contributed by atoms with Gasteiger partial charge >= 0.3 is 6.09 Å². The number of thiol groups is 1. The Bertz CT molecular complexity index is 1070. The van der Waals surface area contributed by atoms with Gasteiger partial charge in [0, 0.05) is 18.3 Å². The standard InChI is InChI=1S/C29H41N3O4S/c1-8-21(4)32(27(34)24(18-37)31-28(35)36-29(5,6)7)25(23-16-19(2)14-15-20(23)3)26(33)30-17-22-12-10-9-11-13-22/h9-16,21,24-25,37H,8,17-18H2,1-7H3,(H,30,33)(H,31,35). The van der Waals surface area contributed by atoms with Crippen molar-refractivity contribution in [3.8, 4) is 0 Å². The summed E-state index contributed by atoms with van der Waals surface area (Å²) in [6.45, 7) is 13.3. The maximum atomic E-state index is 14.0. The fourth-order valence-corrected chi connectivity index (χ4v) is 4.21. The van der Waals surface area contributed by atoms with E-state index in [1.165, 1.54) is 0 Å². The summed E-state index contributed by atoms with van der Waals surface area (Å²) in [6.07, 6.45) is -0.0917. The highest BCUT2D eigenvalue weighted by atomic mass is 32.1. The average molecular weight is 528 g/mol. The van der Waals surface area contributed by atoms with Crippen molar-refractivity contribution in [2.75, 3.05) is 5.75 Å². The van der Waals surface area contributed by atoms with Gasteiger partial charge in [-0.25, -0.2) is 4.79 Å². The number of ether oxygens (including phenoxy) is 1.